The van der Waals surface area contributed by atoms with Crippen molar-refractivity contribution >= 4 is 35.8 Å². The van der Waals surface area contributed by atoms with E-state index >= 15 is 0 Å². The van der Waals surface area contributed by atoms with E-state index in [9.17, 15) is 39.0 Å². The molecule has 0 aliphatic carbocycles. The molecule has 1 aliphatic rings. The van der Waals surface area contributed by atoms with Gasteiger partial charge in [-0.3, -0.25) is 19.2 Å². The molecule has 0 bridgehead atoms. The molecule has 1 aliphatic heterocycles. The SMILES string of the molecule is CC[C@H](C)[C@H](NC(=O)OC(C)(C)C)C(=O)N1CCC(C(=O)N[C@H](C(=O)O)[C@H](CC(N)=O)C(=O)O)CC1. The highest BCUT2D eigenvalue weighted by molar-refractivity contribution is 5.91. The quantitative estimate of drug-likeness (QED) is 0.257. The molecule has 0 saturated carbocycles. The Morgan fingerprint density at radius 3 is 1.97 bits per heavy atom. The number of hydrogen-bond donors (Lipinski definition) is 5. The molecule has 4 atom stereocenters. The van der Waals surface area contributed by atoms with Gasteiger partial charge in [-0.05, 0) is 39.5 Å². The van der Waals surface area contributed by atoms with Crippen LogP contribution < -0.4 is 16.4 Å². The van der Waals surface area contributed by atoms with Crippen molar-refractivity contribution in [1.29, 1.82) is 0 Å². The number of ether oxygens (including phenoxy) is 1. The van der Waals surface area contributed by atoms with Crippen molar-refractivity contribution in [2.75, 3.05) is 13.1 Å². The summed E-state index contributed by atoms with van der Waals surface area (Å²) in [4.78, 5) is 73.9. The Balaban J connectivity index is 2.84. The van der Waals surface area contributed by atoms with Gasteiger partial charge in [0.05, 0.1) is 5.92 Å². The number of likely N-dealkylation sites (tertiary alicyclic amines) is 1. The Labute approximate surface area is 210 Å². The molecule has 1 saturated heterocycles. The first-order valence-corrected chi connectivity index (χ1v) is 11.9. The highest BCUT2D eigenvalue weighted by atomic mass is 16.6. The number of hydrogen-bond acceptors (Lipinski definition) is 7. The summed E-state index contributed by atoms with van der Waals surface area (Å²) >= 11 is 0. The minimum absolute atomic E-state index is 0.180. The lowest BCUT2D eigenvalue weighted by atomic mass is 9.91. The lowest BCUT2D eigenvalue weighted by Gasteiger charge is -2.36. The van der Waals surface area contributed by atoms with Gasteiger partial charge in [0.15, 0.2) is 0 Å². The molecule has 13 nitrogen and oxygen atoms in total. The van der Waals surface area contributed by atoms with Crippen molar-refractivity contribution in [2.45, 2.75) is 78.0 Å². The number of carboxylic acid groups (broad SMARTS) is 2. The number of aliphatic carboxylic acids is 2. The number of carboxylic acids is 2. The van der Waals surface area contributed by atoms with E-state index in [1.807, 2.05) is 13.8 Å². The average Bonchev–Trinajstić information content (AvgIpc) is 2.77. The molecular weight excluding hydrogens is 476 g/mol. The highest BCUT2D eigenvalue weighted by Crippen LogP contribution is 2.22. The molecule has 13 heteroatoms. The maximum atomic E-state index is 13.2. The van der Waals surface area contributed by atoms with Crippen LogP contribution in [-0.2, 0) is 28.7 Å². The van der Waals surface area contributed by atoms with E-state index in [4.69, 9.17) is 10.5 Å². The van der Waals surface area contributed by atoms with E-state index in [1.165, 1.54) is 4.90 Å². The van der Waals surface area contributed by atoms with Gasteiger partial charge in [0, 0.05) is 25.4 Å². The number of primary amides is 1. The fraction of sp³-hybridized carbons (Fsp3) is 0.739. The van der Waals surface area contributed by atoms with Crippen LogP contribution in [-0.4, -0.2) is 81.6 Å². The highest BCUT2D eigenvalue weighted by Gasteiger charge is 2.39. The second kappa shape index (κ2) is 13.1. The predicted molar refractivity (Wildman–Crippen MR) is 126 cm³/mol. The first-order valence-electron chi connectivity index (χ1n) is 11.9. The number of rotatable bonds is 11. The van der Waals surface area contributed by atoms with Crippen LogP contribution in [0.2, 0.25) is 0 Å². The summed E-state index contributed by atoms with van der Waals surface area (Å²) in [6, 6.07) is -2.66. The fourth-order valence-electron chi connectivity index (χ4n) is 3.85. The minimum atomic E-state index is -1.84. The van der Waals surface area contributed by atoms with Gasteiger partial charge >= 0.3 is 18.0 Å². The molecule has 6 N–H and O–H groups in total. The van der Waals surface area contributed by atoms with Crippen LogP contribution >= 0.6 is 0 Å². The Hall–Kier alpha value is -3.38. The smallest absolute Gasteiger partial charge is 0.408 e. The second-order valence-corrected chi connectivity index (χ2v) is 10.0. The van der Waals surface area contributed by atoms with Crippen molar-refractivity contribution in [3.05, 3.63) is 0 Å². The Morgan fingerprint density at radius 1 is 1.00 bits per heavy atom. The summed E-state index contributed by atoms with van der Waals surface area (Å²) in [6.07, 6.45) is -0.424. The second-order valence-electron chi connectivity index (χ2n) is 10.0. The summed E-state index contributed by atoms with van der Waals surface area (Å²) < 4.78 is 5.27. The van der Waals surface area contributed by atoms with Crippen LogP contribution in [0.15, 0.2) is 0 Å². The van der Waals surface area contributed by atoms with Gasteiger partial charge in [0.2, 0.25) is 17.7 Å². The number of nitrogens with one attached hydrogen (secondary N) is 2. The predicted octanol–water partition coefficient (Wildman–Crippen LogP) is 0.310. The van der Waals surface area contributed by atoms with E-state index in [2.05, 4.69) is 10.6 Å². The summed E-state index contributed by atoms with van der Waals surface area (Å²) in [5.41, 5.74) is 4.29. The maximum absolute atomic E-state index is 13.2. The van der Waals surface area contributed by atoms with Gasteiger partial charge in [0.1, 0.15) is 17.7 Å². The number of alkyl carbamates (subject to hydrolysis) is 1. The standard InChI is InChI=1S/C23H38N4O9/c1-6-12(2)16(26-22(35)36-23(3,4)5)19(30)27-9-7-13(8-10-27)18(29)25-17(21(33)34)14(20(31)32)11-15(24)28/h12-14,16-17H,6-11H2,1-5H3,(H2,24,28)(H,25,29)(H,26,35)(H,31,32)(H,33,34)/t12-,14-,16-,17-/m0/s1. The van der Waals surface area contributed by atoms with Crippen molar-refractivity contribution < 1.29 is 43.7 Å². The zero-order chi connectivity index (χ0) is 27.8. The molecule has 0 aromatic carbocycles. The topological polar surface area (TPSA) is 205 Å². The number of amides is 4. The molecule has 4 amide bonds. The van der Waals surface area contributed by atoms with Crippen molar-refractivity contribution in [2.24, 2.45) is 23.5 Å². The molecular formula is C23H38N4O9. The minimum Gasteiger partial charge on any atom is -0.481 e. The van der Waals surface area contributed by atoms with E-state index in [1.54, 1.807) is 20.8 Å². The average molecular weight is 515 g/mol. The Morgan fingerprint density at radius 2 is 1.56 bits per heavy atom. The molecule has 36 heavy (non-hydrogen) atoms. The molecule has 0 aromatic heterocycles. The third-order valence-corrected chi connectivity index (χ3v) is 6.03. The molecule has 204 valence electrons. The maximum Gasteiger partial charge on any atom is 0.408 e. The number of carbonyl (C=O) groups excluding carboxylic acids is 4. The molecule has 0 radical (unpaired) electrons. The third-order valence-electron chi connectivity index (χ3n) is 6.03. The van der Waals surface area contributed by atoms with E-state index < -0.39 is 65.8 Å². The van der Waals surface area contributed by atoms with Crippen LogP contribution in [0, 0.1) is 17.8 Å². The van der Waals surface area contributed by atoms with E-state index in [0.717, 1.165) is 0 Å². The fourth-order valence-corrected chi connectivity index (χ4v) is 3.85. The normalized spacial score (nSPS) is 17.8. The zero-order valence-electron chi connectivity index (χ0n) is 21.4. The monoisotopic (exact) mass is 514 g/mol. The molecule has 0 unspecified atom stereocenters. The number of piperidine rings is 1. The summed E-state index contributed by atoms with van der Waals surface area (Å²) in [6.45, 7) is 9.22. The number of nitrogens with zero attached hydrogens (tertiary/aromatic N) is 1. The van der Waals surface area contributed by atoms with Crippen LogP contribution in [0.1, 0.15) is 60.3 Å². The lowest BCUT2D eigenvalue weighted by molar-refractivity contribution is -0.153. The summed E-state index contributed by atoms with van der Waals surface area (Å²) in [5.74, 6) is -7.75. The lowest BCUT2D eigenvalue weighted by Crippen LogP contribution is -2.55. The van der Waals surface area contributed by atoms with Crippen LogP contribution in [0.5, 0.6) is 0 Å². The largest absolute Gasteiger partial charge is 0.481 e. The van der Waals surface area contributed by atoms with Crippen LogP contribution in [0.3, 0.4) is 0 Å². The van der Waals surface area contributed by atoms with Crippen molar-refractivity contribution in [3.63, 3.8) is 0 Å². The number of nitrogens with two attached hydrogens (primary N) is 1. The van der Waals surface area contributed by atoms with Crippen molar-refractivity contribution in [3.8, 4) is 0 Å². The van der Waals surface area contributed by atoms with Gasteiger partial charge in [-0.25, -0.2) is 9.59 Å². The first kappa shape index (κ1) is 30.7. The summed E-state index contributed by atoms with van der Waals surface area (Å²) in [5, 5.41) is 23.6. The van der Waals surface area contributed by atoms with Crippen LogP contribution in [0.4, 0.5) is 4.79 Å². The molecule has 1 rings (SSSR count). The molecule has 0 spiro atoms. The van der Waals surface area contributed by atoms with Gasteiger partial charge in [-0.2, -0.15) is 0 Å². The summed E-state index contributed by atoms with van der Waals surface area (Å²) in [7, 11) is 0. The van der Waals surface area contributed by atoms with Crippen LogP contribution in [0.25, 0.3) is 0 Å². The van der Waals surface area contributed by atoms with Gasteiger partial charge in [-0.1, -0.05) is 20.3 Å². The van der Waals surface area contributed by atoms with E-state index in [-0.39, 0.29) is 37.8 Å². The van der Waals surface area contributed by atoms with Gasteiger partial charge < -0.3 is 36.2 Å². The van der Waals surface area contributed by atoms with Crippen molar-refractivity contribution in [1.82, 2.24) is 15.5 Å². The number of carbonyl (C=O) groups is 6. The van der Waals surface area contributed by atoms with E-state index in [0.29, 0.717) is 6.42 Å². The molecule has 0 aromatic rings. The molecule has 1 fully saturated rings. The van der Waals surface area contributed by atoms with Gasteiger partial charge in [-0.15, -0.1) is 0 Å². The zero-order valence-corrected chi connectivity index (χ0v) is 21.4. The molecule has 1 heterocycles. The van der Waals surface area contributed by atoms with Gasteiger partial charge in [0.25, 0.3) is 0 Å². The Bertz CT molecular complexity index is 847. The Kier molecular flexibility index (Phi) is 11.1. The first-order chi connectivity index (χ1) is 16.6. The third kappa shape index (κ3) is 9.34.